The van der Waals surface area contributed by atoms with Gasteiger partial charge < -0.3 is 10.1 Å². The van der Waals surface area contributed by atoms with Crippen molar-refractivity contribution in [2.24, 2.45) is 0 Å². The summed E-state index contributed by atoms with van der Waals surface area (Å²) in [6, 6.07) is 12.8. The van der Waals surface area contributed by atoms with Gasteiger partial charge in [-0.1, -0.05) is 32.0 Å². The molecule has 2 rings (SSSR count). The third kappa shape index (κ3) is 5.98. The largest absolute Gasteiger partial charge is 0.481 e. The Hall–Kier alpha value is -2.54. The van der Waals surface area contributed by atoms with E-state index in [0.717, 1.165) is 18.2 Å². The topological polar surface area (TPSA) is 75.7 Å². The Labute approximate surface area is 180 Å². The van der Waals surface area contributed by atoms with Gasteiger partial charge in [0.1, 0.15) is 5.75 Å². The molecule has 2 aromatic rings. The van der Waals surface area contributed by atoms with E-state index in [1.807, 2.05) is 13.8 Å². The third-order valence-corrected chi connectivity index (χ3v) is 6.50. The molecule has 2 aromatic carbocycles. The number of carbonyl (C=O) groups excluding carboxylic acids is 1. The zero-order valence-corrected chi connectivity index (χ0v) is 19.4. The number of benzene rings is 2. The number of anilines is 1. The summed E-state index contributed by atoms with van der Waals surface area (Å²) >= 11 is 0. The van der Waals surface area contributed by atoms with Crippen molar-refractivity contribution in [2.45, 2.75) is 52.7 Å². The molecule has 0 unspecified atom stereocenters. The Bertz CT molecular complexity index is 971. The molecule has 0 aliphatic rings. The Morgan fingerprint density at radius 1 is 1.03 bits per heavy atom. The van der Waals surface area contributed by atoms with Crippen LogP contribution >= 0.6 is 0 Å². The molecule has 1 amide bonds. The summed E-state index contributed by atoms with van der Waals surface area (Å²) in [5.41, 5.74) is 4.03. The molecule has 0 spiro atoms. The Kier molecular flexibility index (Phi) is 7.89. The number of sulfonamides is 1. The van der Waals surface area contributed by atoms with Crippen LogP contribution in [0.15, 0.2) is 42.5 Å². The van der Waals surface area contributed by atoms with Crippen molar-refractivity contribution in [3.63, 3.8) is 0 Å². The molecule has 164 valence electrons. The fraction of sp³-hybridized carbons (Fsp3) is 0.435. The van der Waals surface area contributed by atoms with Crippen molar-refractivity contribution in [1.29, 1.82) is 0 Å². The fourth-order valence-corrected chi connectivity index (χ4v) is 3.58. The average Bonchev–Trinajstić information content (AvgIpc) is 2.71. The van der Waals surface area contributed by atoms with E-state index in [4.69, 9.17) is 4.74 Å². The zero-order chi connectivity index (χ0) is 22.5. The van der Waals surface area contributed by atoms with E-state index in [9.17, 15) is 13.2 Å². The molecule has 0 aliphatic carbocycles. The van der Waals surface area contributed by atoms with E-state index in [0.29, 0.717) is 17.9 Å². The van der Waals surface area contributed by atoms with Crippen molar-refractivity contribution in [2.75, 3.05) is 17.6 Å². The first-order valence-electron chi connectivity index (χ1n) is 10.1. The molecule has 30 heavy (non-hydrogen) atoms. The minimum Gasteiger partial charge on any atom is -0.481 e. The normalized spacial score (nSPS) is 13.4. The maximum atomic E-state index is 12.9. The monoisotopic (exact) mass is 432 g/mol. The number of nitrogens with zero attached hydrogens (tertiary/aromatic N) is 1. The van der Waals surface area contributed by atoms with Crippen LogP contribution in [0.1, 0.15) is 49.4 Å². The van der Waals surface area contributed by atoms with Crippen LogP contribution in [0.3, 0.4) is 0 Å². The van der Waals surface area contributed by atoms with Crippen LogP contribution in [-0.2, 0) is 14.8 Å². The van der Waals surface area contributed by atoms with Crippen LogP contribution < -0.4 is 14.4 Å². The van der Waals surface area contributed by atoms with Gasteiger partial charge in [0.05, 0.1) is 18.0 Å². The Morgan fingerprint density at radius 2 is 1.67 bits per heavy atom. The zero-order valence-electron chi connectivity index (χ0n) is 18.6. The molecule has 6 nitrogen and oxygen atoms in total. The number of hydrogen-bond donors (Lipinski definition) is 1. The number of rotatable bonds is 9. The highest BCUT2D eigenvalue weighted by molar-refractivity contribution is 7.92. The summed E-state index contributed by atoms with van der Waals surface area (Å²) in [6.45, 7) is 8.07. The SMILES string of the molecule is CC[C@@H](Oc1ccc(N(C)S(C)(=O)=O)cc1)C(=O)N[C@H](CC)c1ccc(C)c(C)c1. The summed E-state index contributed by atoms with van der Waals surface area (Å²) in [5.74, 6) is 0.349. The quantitative estimate of drug-likeness (QED) is 0.647. The van der Waals surface area contributed by atoms with E-state index < -0.39 is 16.1 Å². The summed E-state index contributed by atoms with van der Waals surface area (Å²) in [7, 11) is -1.84. The minimum absolute atomic E-state index is 0.0831. The lowest BCUT2D eigenvalue weighted by Crippen LogP contribution is -2.40. The summed E-state index contributed by atoms with van der Waals surface area (Å²) in [4.78, 5) is 12.9. The predicted molar refractivity (Wildman–Crippen MR) is 121 cm³/mol. The van der Waals surface area contributed by atoms with E-state index >= 15 is 0 Å². The van der Waals surface area contributed by atoms with Gasteiger partial charge in [-0.05, 0) is 67.6 Å². The van der Waals surface area contributed by atoms with Crippen molar-refractivity contribution >= 4 is 21.6 Å². The van der Waals surface area contributed by atoms with Gasteiger partial charge in [-0.15, -0.1) is 0 Å². The van der Waals surface area contributed by atoms with Gasteiger partial charge in [-0.3, -0.25) is 9.10 Å². The van der Waals surface area contributed by atoms with Gasteiger partial charge in [0.2, 0.25) is 10.0 Å². The number of aryl methyl sites for hydroxylation is 2. The molecular formula is C23H32N2O4S. The highest BCUT2D eigenvalue weighted by Gasteiger charge is 2.22. The number of amides is 1. The van der Waals surface area contributed by atoms with E-state index in [2.05, 4.69) is 37.4 Å². The second-order valence-electron chi connectivity index (χ2n) is 7.55. The molecule has 1 N–H and O–H groups in total. The molecule has 0 heterocycles. The summed E-state index contributed by atoms with van der Waals surface area (Å²) in [5, 5.41) is 3.10. The molecule has 7 heteroatoms. The molecule has 0 radical (unpaired) electrons. The van der Waals surface area contributed by atoms with Crippen molar-refractivity contribution in [1.82, 2.24) is 5.32 Å². The highest BCUT2D eigenvalue weighted by atomic mass is 32.2. The average molecular weight is 433 g/mol. The molecule has 2 atom stereocenters. The maximum absolute atomic E-state index is 12.9. The lowest BCUT2D eigenvalue weighted by atomic mass is 9.99. The highest BCUT2D eigenvalue weighted by Crippen LogP contribution is 2.23. The lowest BCUT2D eigenvalue weighted by molar-refractivity contribution is -0.128. The standard InChI is InChI=1S/C23H32N2O4S/c1-7-21(18-10-9-16(3)17(4)15-18)24-23(26)22(8-2)29-20-13-11-19(12-14-20)25(5)30(6,27)28/h9-15,21-22H,7-8H2,1-6H3,(H,24,26)/t21-,22-/m1/s1. The van der Waals surface area contributed by atoms with E-state index in [1.54, 1.807) is 24.3 Å². The third-order valence-electron chi connectivity index (χ3n) is 5.30. The molecule has 0 aromatic heterocycles. The van der Waals surface area contributed by atoms with Crippen LogP contribution in [0.2, 0.25) is 0 Å². The fourth-order valence-electron chi connectivity index (χ4n) is 3.08. The van der Waals surface area contributed by atoms with Crippen LogP contribution in [0.4, 0.5) is 5.69 Å². The molecule has 0 fully saturated rings. The Balaban J connectivity index is 2.09. The van der Waals surface area contributed by atoms with Gasteiger partial charge in [-0.25, -0.2) is 8.42 Å². The first-order chi connectivity index (χ1) is 14.1. The summed E-state index contributed by atoms with van der Waals surface area (Å²) < 4.78 is 30.4. The number of carbonyl (C=O) groups is 1. The van der Waals surface area contributed by atoms with Crippen molar-refractivity contribution < 1.29 is 17.9 Å². The number of ether oxygens (including phenoxy) is 1. The van der Waals surface area contributed by atoms with Gasteiger partial charge >= 0.3 is 0 Å². The van der Waals surface area contributed by atoms with Gasteiger partial charge in [-0.2, -0.15) is 0 Å². The van der Waals surface area contributed by atoms with Gasteiger partial charge in [0.25, 0.3) is 5.91 Å². The lowest BCUT2D eigenvalue weighted by Gasteiger charge is -2.23. The number of nitrogens with one attached hydrogen (secondary N) is 1. The predicted octanol–water partition coefficient (Wildman–Crippen LogP) is 4.12. The molecule has 0 bridgehead atoms. The molecule has 0 aliphatic heterocycles. The van der Waals surface area contributed by atoms with Gasteiger partial charge in [0.15, 0.2) is 6.10 Å². The second kappa shape index (κ2) is 9.98. The van der Waals surface area contributed by atoms with Crippen LogP contribution in [0.25, 0.3) is 0 Å². The van der Waals surface area contributed by atoms with Crippen LogP contribution in [0, 0.1) is 13.8 Å². The smallest absolute Gasteiger partial charge is 0.261 e. The number of hydrogen-bond acceptors (Lipinski definition) is 4. The minimum atomic E-state index is -3.33. The summed E-state index contributed by atoms with van der Waals surface area (Å²) in [6.07, 6.45) is 1.80. The Morgan fingerprint density at radius 3 is 2.17 bits per heavy atom. The maximum Gasteiger partial charge on any atom is 0.261 e. The van der Waals surface area contributed by atoms with Gasteiger partial charge in [0, 0.05) is 7.05 Å². The van der Waals surface area contributed by atoms with Crippen molar-refractivity contribution in [3.05, 3.63) is 59.2 Å². The van der Waals surface area contributed by atoms with Crippen LogP contribution in [-0.4, -0.2) is 33.7 Å². The van der Waals surface area contributed by atoms with Crippen molar-refractivity contribution in [3.8, 4) is 5.75 Å². The molecule has 0 saturated carbocycles. The first-order valence-corrected chi connectivity index (χ1v) is 12.0. The molecular weight excluding hydrogens is 400 g/mol. The second-order valence-corrected chi connectivity index (χ2v) is 9.57. The first kappa shape index (κ1) is 23.7. The molecule has 0 saturated heterocycles. The van der Waals surface area contributed by atoms with E-state index in [-0.39, 0.29) is 11.9 Å². The van der Waals surface area contributed by atoms with E-state index in [1.165, 1.54) is 22.5 Å². The van der Waals surface area contributed by atoms with Crippen LogP contribution in [0.5, 0.6) is 5.75 Å².